The van der Waals surface area contributed by atoms with Gasteiger partial charge in [-0.15, -0.1) is 0 Å². The number of carbonyl (C=O) groups excluding carboxylic acids is 1. The van der Waals surface area contributed by atoms with E-state index >= 15 is 0 Å². The van der Waals surface area contributed by atoms with Crippen LogP contribution in [0.5, 0.6) is 0 Å². The molecular weight excluding hydrogens is 190 g/mol. The predicted molar refractivity (Wildman–Crippen MR) is 60.7 cm³/mol. The third-order valence-electron chi connectivity index (χ3n) is 3.75. The molecule has 1 aliphatic heterocycles. The first-order chi connectivity index (χ1) is 7.06. The van der Waals surface area contributed by atoms with Gasteiger partial charge in [0.1, 0.15) is 5.54 Å². The van der Waals surface area contributed by atoms with Gasteiger partial charge in [0.05, 0.1) is 7.11 Å². The number of esters is 1. The first-order valence-electron chi connectivity index (χ1n) is 5.91. The van der Waals surface area contributed by atoms with Crippen LogP contribution in [0.25, 0.3) is 0 Å². The van der Waals surface area contributed by atoms with E-state index in [1.165, 1.54) is 26.4 Å². The molecule has 0 aromatic rings. The van der Waals surface area contributed by atoms with Crippen LogP contribution in [0, 0.1) is 0 Å². The molecule has 0 saturated carbocycles. The molecule has 0 unspecified atom stereocenters. The predicted octanol–water partition coefficient (Wildman–Crippen LogP) is 2.20. The summed E-state index contributed by atoms with van der Waals surface area (Å²) in [6, 6.07) is 0.489. The van der Waals surface area contributed by atoms with Gasteiger partial charge < -0.3 is 4.74 Å². The minimum Gasteiger partial charge on any atom is -0.468 e. The molecule has 0 aromatic carbocycles. The lowest BCUT2D eigenvalue weighted by Gasteiger charge is -2.44. The minimum absolute atomic E-state index is 0.0984. The summed E-state index contributed by atoms with van der Waals surface area (Å²) >= 11 is 0. The van der Waals surface area contributed by atoms with Crippen LogP contribution in [0.4, 0.5) is 0 Å². The molecule has 0 amide bonds. The van der Waals surface area contributed by atoms with Gasteiger partial charge in [0.15, 0.2) is 0 Å². The molecule has 0 radical (unpaired) electrons. The fourth-order valence-electron chi connectivity index (χ4n) is 2.52. The molecule has 1 rings (SSSR count). The number of ether oxygens (including phenoxy) is 1. The van der Waals surface area contributed by atoms with Gasteiger partial charge in [0.25, 0.3) is 0 Å². The fourth-order valence-corrected chi connectivity index (χ4v) is 2.52. The molecule has 3 heteroatoms. The summed E-state index contributed by atoms with van der Waals surface area (Å²) in [5.74, 6) is -0.0984. The van der Waals surface area contributed by atoms with E-state index < -0.39 is 5.54 Å². The molecule has 0 aliphatic carbocycles. The number of rotatable bonds is 3. The van der Waals surface area contributed by atoms with Crippen LogP contribution < -0.4 is 0 Å². The summed E-state index contributed by atoms with van der Waals surface area (Å²) < 4.78 is 4.93. The average Bonchev–Trinajstić information content (AvgIpc) is 2.27. The van der Waals surface area contributed by atoms with Crippen LogP contribution in [0.15, 0.2) is 0 Å². The molecule has 0 aromatic heterocycles. The van der Waals surface area contributed by atoms with Gasteiger partial charge >= 0.3 is 5.97 Å². The molecule has 15 heavy (non-hydrogen) atoms. The van der Waals surface area contributed by atoms with Gasteiger partial charge in [-0.25, -0.2) is 0 Å². The van der Waals surface area contributed by atoms with Gasteiger partial charge in [-0.3, -0.25) is 9.69 Å². The number of piperidine rings is 1. The van der Waals surface area contributed by atoms with Crippen molar-refractivity contribution in [1.29, 1.82) is 0 Å². The molecule has 0 bridgehead atoms. The van der Waals surface area contributed by atoms with E-state index in [-0.39, 0.29) is 5.97 Å². The van der Waals surface area contributed by atoms with E-state index in [0.29, 0.717) is 6.04 Å². The Kier molecular flexibility index (Phi) is 4.14. The SMILES string of the molecule is CC[C@](C)(C(=O)OC)N1CCCC[C@H]1C. The Labute approximate surface area is 92.8 Å². The molecule has 3 nitrogen and oxygen atoms in total. The maximum atomic E-state index is 11.8. The molecule has 1 aliphatic rings. The number of hydrogen-bond donors (Lipinski definition) is 0. The summed E-state index contributed by atoms with van der Waals surface area (Å²) in [4.78, 5) is 14.2. The summed E-state index contributed by atoms with van der Waals surface area (Å²) in [7, 11) is 1.48. The highest BCUT2D eigenvalue weighted by molar-refractivity contribution is 5.80. The summed E-state index contributed by atoms with van der Waals surface area (Å²) in [6.45, 7) is 7.27. The van der Waals surface area contributed by atoms with Crippen molar-refractivity contribution >= 4 is 5.97 Å². The fraction of sp³-hybridized carbons (Fsp3) is 0.917. The van der Waals surface area contributed by atoms with E-state index in [0.717, 1.165) is 13.0 Å². The van der Waals surface area contributed by atoms with Crippen LogP contribution in [0.2, 0.25) is 0 Å². The van der Waals surface area contributed by atoms with E-state index in [1.54, 1.807) is 0 Å². The van der Waals surface area contributed by atoms with Crippen LogP contribution in [-0.4, -0.2) is 36.1 Å². The zero-order chi connectivity index (χ0) is 11.5. The molecule has 0 N–H and O–H groups in total. The monoisotopic (exact) mass is 213 g/mol. The Hall–Kier alpha value is -0.570. The number of methoxy groups -OCH3 is 1. The van der Waals surface area contributed by atoms with Crippen molar-refractivity contribution in [2.45, 2.75) is 58.0 Å². The molecule has 1 fully saturated rings. The van der Waals surface area contributed by atoms with Crippen LogP contribution in [0.3, 0.4) is 0 Å². The quantitative estimate of drug-likeness (QED) is 0.673. The van der Waals surface area contributed by atoms with Crippen molar-refractivity contribution in [2.24, 2.45) is 0 Å². The number of nitrogens with zero attached hydrogens (tertiary/aromatic N) is 1. The lowest BCUT2D eigenvalue weighted by molar-refractivity contribution is -0.157. The van der Waals surface area contributed by atoms with Crippen molar-refractivity contribution < 1.29 is 9.53 Å². The average molecular weight is 213 g/mol. The van der Waals surface area contributed by atoms with Gasteiger partial charge in [-0.2, -0.15) is 0 Å². The topological polar surface area (TPSA) is 29.5 Å². The highest BCUT2D eigenvalue weighted by atomic mass is 16.5. The van der Waals surface area contributed by atoms with Gasteiger partial charge in [-0.1, -0.05) is 13.3 Å². The number of likely N-dealkylation sites (tertiary alicyclic amines) is 1. The number of carbonyl (C=O) groups is 1. The molecule has 0 spiro atoms. The molecular formula is C12H23NO2. The molecule has 1 saturated heterocycles. The van der Waals surface area contributed by atoms with Gasteiger partial charge in [0.2, 0.25) is 0 Å². The zero-order valence-electron chi connectivity index (χ0n) is 10.4. The summed E-state index contributed by atoms with van der Waals surface area (Å²) in [6.07, 6.45) is 4.46. The summed E-state index contributed by atoms with van der Waals surface area (Å²) in [5.41, 5.74) is -0.436. The molecule has 88 valence electrons. The van der Waals surface area contributed by atoms with E-state index in [2.05, 4.69) is 18.7 Å². The maximum Gasteiger partial charge on any atom is 0.325 e. The van der Waals surface area contributed by atoms with E-state index in [4.69, 9.17) is 4.74 Å². The Morgan fingerprint density at radius 3 is 2.67 bits per heavy atom. The minimum atomic E-state index is -0.436. The second-order valence-electron chi connectivity index (χ2n) is 4.66. The molecule has 1 heterocycles. The Morgan fingerprint density at radius 1 is 1.53 bits per heavy atom. The van der Waals surface area contributed by atoms with Crippen molar-refractivity contribution in [3.05, 3.63) is 0 Å². The first-order valence-corrected chi connectivity index (χ1v) is 5.91. The van der Waals surface area contributed by atoms with Crippen molar-refractivity contribution in [1.82, 2.24) is 4.90 Å². The highest BCUT2D eigenvalue weighted by Gasteiger charge is 2.41. The lowest BCUT2D eigenvalue weighted by Crippen LogP contribution is -2.57. The first kappa shape index (κ1) is 12.5. The lowest BCUT2D eigenvalue weighted by atomic mass is 9.90. The highest BCUT2D eigenvalue weighted by Crippen LogP contribution is 2.29. The van der Waals surface area contributed by atoms with Gasteiger partial charge in [-0.05, 0) is 39.7 Å². The third-order valence-corrected chi connectivity index (χ3v) is 3.75. The second-order valence-corrected chi connectivity index (χ2v) is 4.66. The number of hydrogen-bond acceptors (Lipinski definition) is 3. The van der Waals surface area contributed by atoms with Crippen molar-refractivity contribution in [3.8, 4) is 0 Å². The Morgan fingerprint density at radius 2 is 2.20 bits per heavy atom. The zero-order valence-corrected chi connectivity index (χ0v) is 10.4. The maximum absolute atomic E-state index is 11.8. The normalized spacial score (nSPS) is 27.1. The van der Waals surface area contributed by atoms with E-state index in [9.17, 15) is 4.79 Å². The van der Waals surface area contributed by atoms with Gasteiger partial charge in [0, 0.05) is 6.04 Å². The van der Waals surface area contributed by atoms with Crippen LogP contribution >= 0.6 is 0 Å². The van der Waals surface area contributed by atoms with Crippen LogP contribution in [-0.2, 0) is 9.53 Å². The largest absolute Gasteiger partial charge is 0.468 e. The smallest absolute Gasteiger partial charge is 0.325 e. The Bertz CT molecular complexity index is 230. The van der Waals surface area contributed by atoms with Crippen molar-refractivity contribution in [2.75, 3.05) is 13.7 Å². The Balaban J connectivity index is 2.83. The second kappa shape index (κ2) is 4.97. The van der Waals surface area contributed by atoms with Crippen molar-refractivity contribution in [3.63, 3.8) is 0 Å². The van der Waals surface area contributed by atoms with Crippen LogP contribution in [0.1, 0.15) is 46.5 Å². The van der Waals surface area contributed by atoms with E-state index in [1.807, 2.05) is 6.92 Å². The summed E-state index contributed by atoms with van der Waals surface area (Å²) in [5, 5.41) is 0. The molecule has 2 atom stereocenters. The third kappa shape index (κ3) is 2.33. The standard InChI is InChI=1S/C12H23NO2/c1-5-12(3,11(14)15-4)13-9-7-6-8-10(13)2/h10H,5-9H2,1-4H3/t10-,12-/m1/s1.